The van der Waals surface area contributed by atoms with Crippen molar-refractivity contribution in [3.8, 4) is 0 Å². The number of nitrogens with one attached hydrogen (secondary N) is 2. The van der Waals surface area contributed by atoms with Crippen LogP contribution < -0.4 is 10.6 Å². The Morgan fingerprint density at radius 2 is 1.81 bits per heavy atom. The van der Waals surface area contributed by atoms with E-state index in [1.54, 1.807) is 28.8 Å². The fourth-order valence-electron chi connectivity index (χ4n) is 4.30. The Morgan fingerprint density at radius 3 is 2.53 bits per heavy atom. The summed E-state index contributed by atoms with van der Waals surface area (Å²) < 4.78 is 1.79. The van der Waals surface area contributed by atoms with E-state index in [0.29, 0.717) is 22.4 Å². The van der Waals surface area contributed by atoms with Gasteiger partial charge in [-0.15, -0.1) is 0 Å². The van der Waals surface area contributed by atoms with Crippen LogP contribution in [0.25, 0.3) is 10.9 Å². The number of halogens is 1. The molecular weight excluding hydrogens is 424 g/mol. The lowest BCUT2D eigenvalue weighted by Gasteiger charge is -2.34. The summed E-state index contributed by atoms with van der Waals surface area (Å²) in [5.74, 6) is -0.354. The number of para-hydroxylation sites is 1. The van der Waals surface area contributed by atoms with E-state index in [4.69, 9.17) is 11.6 Å². The van der Waals surface area contributed by atoms with Crippen molar-refractivity contribution in [2.24, 2.45) is 0 Å². The Labute approximate surface area is 193 Å². The van der Waals surface area contributed by atoms with Crippen LogP contribution >= 0.6 is 11.6 Å². The molecule has 0 unspecified atom stereocenters. The van der Waals surface area contributed by atoms with Gasteiger partial charge in [0.05, 0.1) is 0 Å². The predicted molar refractivity (Wildman–Crippen MR) is 129 cm³/mol. The van der Waals surface area contributed by atoms with Gasteiger partial charge in [-0.1, -0.05) is 35.9 Å². The molecule has 0 radical (unpaired) electrons. The molecule has 1 aromatic heterocycles. The predicted octanol–water partition coefficient (Wildman–Crippen LogP) is 4.54. The Kier molecular flexibility index (Phi) is 6.82. The summed E-state index contributed by atoms with van der Waals surface area (Å²) in [7, 11) is 0. The number of benzene rings is 2. The SMILES string of the molecule is CC(C)N1CCC(NC(=O)c2cc3ccccc3n2CC(=O)Nc2cccc(Cl)c2)CC1. The van der Waals surface area contributed by atoms with E-state index in [1.165, 1.54) is 0 Å². The molecule has 2 N–H and O–H groups in total. The molecule has 1 fully saturated rings. The zero-order valence-electron chi connectivity index (χ0n) is 18.5. The third-order valence-electron chi connectivity index (χ3n) is 6.05. The molecule has 2 amide bonds. The average molecular weight is 453 g/mol. The maximum Gasteiger partial charge on any atom is 0.268 e. The number of hydrogen-bond donors (Lipinski definition) is 2. The van der Waals surface area contributed by atoms with E-state index >= 15 is 0 Å². The van der Waals surface area contributed by atoms with Crippen LogP contribution in [0.1, 0.15) is 37.2 Å². The zero-order chi connectivity index (χ0) is 22.7. The molecule has 7 heteroatoms. The van der Waals surface area contributed by atoms with Crippen LogP contribution in [0.5, 0.6) is 0 Å². The Hall–Kier alpha value is -2.83. The van der Waals surface area contributed by atoms with Gasteiger partial charge in [0.2, 0.25) is 5.91 Å². The number of likely N-dealkylation sites (tertiary alicyclic amines) is 1. The van der Waals surface area contributed by atoms with Crippen molar-refractivity contribution < 1.29 is 9.59 Å². The summed E-state index contributed by atoms with van der Waals surface area (Å²) >= 11 is 6.02. The van der Waals surface area contributed by atoms with E-state index in [1.807, 2.05) is 30.3 Å². The summed E-state index contributed by atoms with van der Waals surface area (Å²) in [4.78, 5) is 28.4. The van der Waals surface area contributed by atoms with Gasteiger partial charge in [0, 0.05) is 46.8 Å². The van der Waals surface area contributed by atoms with E-state index in [-0.39, 0.29) is 24.4 Å². The number of carbonyl (C=O) groups is 2. The molecule has 3 aromatic rings. The highest BCUT2D eigenvalue weighted by atomic mass is 35.5. The van der Waals surface area contributed by atoms with Crippen molar-refractivity contribution in [3.05, 3.63) is 65.3 Å². The molecule has 1 aliphatic heterocycles. The monoisotopic (exact) mass is 452 g/mol. The number of nitrogens with zero attached hydrogens (tertiary/aromatic N) is 2. The van der Waals surface area contributed by atoms with Crippen LogP contribution in [0.2, 0.25) is 5.02 Å². The molecule has 0 bridgehead atoms. The lowest BCUT2D eigenvalue weighted by Crippen LogP contribution is -2.47. The average Bonchev–Trinajstić information content (AvgIpc) is 3.12. The fourth-order valence-corrected chi connectivity index (χ4v) is 4.49. The number of amides is 2. The van der Waals surface area contributed by atoms with Crippen molar-refractivity contribution in [2.45, 2.75) is 45.3 Å². The maximum atomic E-state index is 13.2. The Balaban J connectivity index is 1.51. The van der Waals surface area contributed by atoms with Gasteiger partial charge >= 0.3 is 0 Å². The lowest BCUT2D eigenvalue weighted by atomic mass is 10.0. The van der Waals surface area contributed by atoms with Crippen LogP contribution in [-0.4, -0.2) is 46.5 Å². The normalized spacial score (nSPS) is 15.2. The van der Waals surface area contributed by atoms with Crippen molar-refractivity contribution in [1.29, 1.82) is 0 Å². The molecule has 6 nitrogen and oxygen atoms in total. The van der Waals surface area contributed by atoms with Crippen LogP contribution in [0.4, 0.5) is 5.69 Å². The van der Waals surface area contributed by atoms with Gasteiger partial charge in [-0.05, 0) is 57.0 Å². The van der Waals surface area contributed by atoms with E-state index in [9.17, 15) is 9.59 Å². The smallest absolute Gasteiger partial charge is 0.268 e. The van der Waals surface area contributed by atoms with Crippen molar-refractivity contribution in [1.82, 2.24) is 14.8 Å². The largest absolute Gasteiger partial charge is 0.348 e. The first-order valence-corrected chi connectivity index (χ1v) is 11.5. The molecule has 1 saturated heterocycles. The second-order valence-electron chi connectivity index (χ2n) is 8.61. The highest BCUT2D eigenvalue weighted by Gasteiger charge is 2.24. The quantitative estimate of drug-likeness (QED) is 0.577. The number of aromatic nitrogens is 1. The molecule has 168 valence electrons. The first-order valence-electron chi connectivity index (χ1n) is 11.1. The van der Waals surface area contributed by atoms with E-state index in [0.717, 1.165) is 36.8 Å². The van der Waals surface area contributed by atoms with Gasteiger partial charge in [-0.3, -0.25) is 9.59 Å². The van der Waals surface area contributed by atoms with Crippen molar-refractivity contribution in [2.75, 3.05) is 18.4 Å². The van der Waals surface area contributed by atoms with Crippen molar-refractivity contribution >= 4 is 40.0 Å². The third-order valence-corrected chi connectivity index (χ3v) is 6.28. The molecule has 0 saturated carbocycles. The second kappa shape index (κ2) is 9.76. The number of rotatable bonds is 6. The number of piperidine rings is 1. The standard InChI is InChI=1S/C25H29ClN4O2/c1-17(2)29-12-10-20(11-13-29)28-25(32)23-14-18-6-3-4-9-22(18)30(23)16-24(31)27-21-8-5-7-19(26)15-21/h3-9,14-15,17,20H,10-13,16H2,1-2H3,(H,27,31)(H,28,32). The molecule has 4 rings (SSSR count). The number of fused-ring (bicyclic) bond motifs is 1. The lowest BCUT2D eigenvalue weighted by molar-refractivity contribution is -0.116. The molecule has 0 atom stereocenters. The van der Waals surface area contributed by atoms with E-state index < -0.39 is 0 Å². The molecular formula is C25H29ClN4O2. The van der Waals surface area contributed by atoms with Gasteiger partial charge in [-0.2, -0.15) is 0 Å². The molecule has 0 spiro atoms. The highest BCUT2D eigenvalue weighted by Crippen LogP contribution is 2.22. The molecule has 2 heterocycles. The second-order valence-corrected chi connectivity index (χ2v) is 9.05. The molecule has 1 aliphatic rings. The van der Waals surface area contributed by atoms with Crippen LogP contribution in [0, 0.1) is 0 Å². The first-order chi connectivity index (χ1) is 15.4. The summed E-state index contributed by atoms with van der Waals surface area (Å²) in [6, 6.07) is 17.3. The summed E-state index contributed by atoms with van der Waals surface area (Å²) in [5, 5.41) is 7.54. The van der Waals surface area contributed by atoms with Crippen LogP contribution in [-0.2, 0) is 11.3 Å². The number of carbonyl (C=O) groups excluding carboxylic acids is 2. The van der Waals surface area contributed by atoms with Crippen molar-refractivity contribution in [3.63, 3.8) is 0 Å². The maximum absolute atomic E-state index is 13.2. The topological polar surface area (TPSA) is 66.4 Å². The number of hydrogen-bond acceptors (Lipinski definition) is 3. The minimum atomic E-state index is -0.215. The van der Waals surface area contributed by atoms with Gasteiger partial charge in [0.1, 0.15) is 12.2 Å². The fraction of sp³-hybridized carbons (Fsp3) is 0.360. The van der Waals surface area contributed by atoms with Gasteiger partial charge in [0.25, 0.3) is 5.91 Å². The number of anilines is 1. The van der Waals surface area contributed by atoms with E-state index in [2.05, 4.69) is 29.4 Å². The Morgan fingerprint density at radius 1 is 1.06 bits per heavy atom. The minimum absolute atomic E-state index is 0.0363. The van der Waals surface area contributed by atoms with Gasteiger partial charge < -0.3 is 20.1 Å². The molecule has 32 heavy (non-hydrogen) atoms. The Bertz CT molecular complexity index is 1120. The first kappa shape index (κ1) is 22.4. The summed E-state index contributed by atoms with van der Waals surface area (Å²) in [6.07, 6.45) is 1.86. The zero-order valence-corrected chi connectivity index (χ0v) is 19.2. The summed E-state index contributed by atoms with van der Waals surface area (Å²) in [5.41, 5.74) is 1.98. The van der Waals surface area contributed by atoms with Gasteiger partial charge in [-0.25, -0.2) is 0 Å². The summed E-state index contributed by atoms with van der Waals surface area (Å²) in [6.45, 7) is 6.40. The van der Waals surface area contributed by atoms with Crippen LogP contribution in [0.3, 0.4) is 0 Å². The minimum Gasteiger partial charge on any atom is -0.348 e. The van der Waals surface area contributed by atoms with Gasteiger partial charge in [0.15, 0.2) is 0 Å². The van der Waals surface area contributed by atoms with Crippen LogP contribution in [0.15, 0.2) is 54.6 Å². The highest BCUT2D eigenvalue weighted by molar-refractivity contribution is 6.30. The molecule has 0 aliphatic carbocycles. The molecule has 2 aromatic carbocycles. The third kappa shape index (κ3) is 5.14.